The van der Waals surface area contributed by atoms with Crippen LogP contribution in [0.5, 0.6) is 0 Å². The largest absolute Gasteiger partial charge is 0.433 e. The van der Waals surface area contributed by atoms with E-state index in [0.717, 1.165) is 21.3 Å². The third-order valence-corrected chi connectivity index (χ3v) is 5.44. The van der Waals surface area contributed by atoms with Gasteiger partial charge in [0.2, 0.25) is 5.95 Å². The van der Waals surface area contributed by atoms with E-state index in [1.807, 2.05) is 0 Å². The average Bonchev–Trinajstić information content (AvgIpc) is 3.16. The summed E-state index contributed by atoms with van der Waals surface area (Å²) >= 11 is 0. The van der Waals surface area contributed by atoms with Crippen LogP contribution in [0.2, 0.25) is 0 Å². The Bertz CT molecular complexity index is 1640. The number of nitrogen functional groups attached to an aromatic ring is 1. The van der Waals surface area contributed by atoms with Crippen molar-refractivity contribution in [3.8, 4) is 22.4 Å². The topological polar surface area (TPSA) is 104 Å². The first-order chi connectivity index (χ1) is 17.1. The molecule has 182 valence electrons. The first-order valence-electron chi connectivity index (χ1n) is 10.6. The highest BCUT2D eigenvalue weighted by Gasteiger charge is 2.34. The third kappa shape index (κ3) is 4.17. The third-order valence-electron chi connectivity index (χ3n) is 5.44. The van der Waals surface area contributed by atoms with E-state index in [4.69, 9.17) is 5.73 Å². The van der Waals surface area contributed by atoms with Gasteiger partial charge in [0, 0.05) is 11.3 Å². The summed E-state index contributed by atoms with van der Waals surface area (Å²) < 4.78 is 56.1. The standard InChI is InChI=1S/C24H17F4N7O/c1-13-9-15(10-18(31-13)24(26,27)28)19-20(14-5-3-2-4-6-14)32-22(29)35-21(19)33-34(23(35)36)12-17-8-7-16(25)11-30-17/h2-11H,12H2,1H3,(H2,29,32). The lowest BCUT2D eigenvalue weighted by atomic mass is 9.99. The number of anilines is 1. The van der Waals surface area contributed by atoms with Gasteiger partial charge in [0.15, 0.2) is 5.65 Å². The number of halogens is 4. The molecular weight excluding hydrogens is 478 g/mol. The van der Waals surface area contributed by atoms with Gasteiger partial charge in [-0.3, -0.25) is 4.98 Å². The van der Waals surface area contributed by atoms with E-state index in [9.17, 15) is 22.4 Å². The summed E-state index contributed by atoms with van der Waals surface area (Å²) in [5, 5.41) is 4.39. The molecule has 0 radical (unpaired) electrons. The van der Waals surface area contributed by atoms with Crippen LogP contribution in [0.1, 0.15) is 17.1 Å². The lowest BCUT2D eigenvalue weighted by Crippen LogP contribution is -2.24. The van der Waals surface area contributed by atoms with Crippen molar-refractivity contribution in [2.45, 2.75) is 19.6 Å². The minimum absolute atomic E-state index is 0.00666. The first-order valence-corrected chi connectivity index (χ1v) is 10.6. The quantitative estimate of drug-likeness (QED) is 0.377. The molecule has 0 spiro atoms. The fourth-order valence-corrected chi connectivity index (χ4v) is 3.89. The molecule has 36 heavy (non-hydrogen) atoms. The van der Waals surface area contributed by atoms with Gasteiger partial charge in [0.1, 0.15) is 11.5 Å². The highest BCUT2D eigenvalue weighted by molar-refractivity contribution is 5.90. The zero-order chi connectivity index (χ0) is 25.6. The number of pyridine rings is 2. The Labute approximate surface area is 200 Å². The molecule has 0 aliphatic carbocycles. The van der Waals surface area contributed by atoms with Crippen LogP contribution in [-0.2, 0) is 12.7 Å². The Morgan fingerprint density at radius 1 is 1.00 bits per heavy atom. The van der Waals surface area contributed by atoms with Crippen LogP contribution in [0.4, 0.5) is 23.5 Å². The maximum absolute atomic E-state index is 13.6. The molecule has 0 saturated heterocycles. The zero-order valence-corrected chi connectivity index (χ0v) is 18.7. The highest BCUT2D eigenvalue weighted by Crippen LogP contribution is 2.37. The maximum Gasteiger partial charge on any atom is 0.433 e. The summed E-state index contributed by atoms with van der Waals surface area (Å²) in [6.45, 7) is 1.32. The fraction of sp³-hybridized carbons (Fsp3) is 0.125. The van der Waals surface area contributed by atoms with Gasteiger partial charge >= 0.3 is 11.9 Å². The SMILES string of the molecule is Cc1cc(-c2c(-c3ccccc3)nc(N)n3c(=O)n(Cc4ccc(F)cn4)nc23)cc(C(F)(F)F)n1. The second-order valence-corrected chi connectivity index (χ2v) is 8.01. The van der Waals surface area contributed by atoms with E-state index in [1.54, 1.807) is 30.3 Å². The molecule has 0 atom stereocenters. The Morgan fingerprint density at radius 2 is 1.75 bits per heavy atom. The Morgan fingerprint density at radius 3 is 2.42 bits per heavy atom. The van der Waals surface area contributed by atoms with Gasteiger partial charge < -0.3 is 5.73 Å². The van der Waals surface area contributed by atoms with Gasteiger partial charge in [-0.15, -0.1) is 5.10 Å². The smallest absolute Gasteiger partial charge is 0.369 e. The van der Waals surface area contributed by atoms with Crippen molar-refractivity contribution in [3.63, 3.8) is 0 Å². The predicted octanol–water partition coefficient (Wildman–Crippen LogP) is 4.11. The van der Waals surface area contributed by atoms with Crippen molar-refractivity contribution in [3.05, 3.63) is 94.2 Å². The van der Waals surface area contributed by atoms with Crippen LogP contribution in [0.15, 0.2) is 65.6 Å². The molecule has 0 amide bonds. The van der Waals surface area contributed by atoms with E-state index in [-0.39, 0.29) is 40.7 Å². The van der Waals surface area contributed by atoms with Gasteiger partial charge in [0.05, 0.1) is 29.7 Å². The molecule has 4 heterocycles. The minimum atomic E-state index is -4.70. The zero-order valence-electron chi connectivity index (χ0n) is 18.7. The van der Waals surface area contributed by atoms with Crippen LogP contribution in [-0.4, -0.2) is 29.1 Å². The molecule has 5 rings (SSSR count). The number of benzene rings is 1. The number of nitrogens with two attached hydrogens (primary N) is 1. The van der Waals surface area contributed by atoms with Crippen molar-refractivity contribution >= 4 is 11.6 Å². The van der Waals surface area contributed by atoms with Crippen LogP contribution < -0.4 is 11.4 Å². The Kier molecular flexibility index (Phi) is 5.50. The van der Waals surface area contributed by atoms with Crippen LogP contribution >= 0.6 is 0 Å². The van der Waals surface area contributed by atoms with E-state index in [0.29, 0.717) is 11.3 Å². The number of aryl methyl sites for hydroxylation is 1. The summed E-state index contributed by atoms with van der Waals surface area (Å²) in [7, 11) is 0. The molecule has 0 bridgehead atoms. The number of nitrogens with zero attached hydrogens (tertiary/aromatic N) is 6. The summed E-state index contributed by atoms with van der Waals surface area (Å²) in [5.74, 6) is -0.740. The molecule has 5 aromatic rings. The Hall–Kier alpha value is -4.61. The number of alkyl halides is 3. The van der Waals surface area contributed by atoms with Gasteiger partial charge in [-0.1, -0.05) is 30.3 Å². The summed E-state index contributed by atoms with van der Waals surface area (Å²) in [4.78, 5) is 25.1. The molecule has 0 fully saturated rings. The maximum atomic E-state index is 13.6. The molecule has 12 heteroatoms. The normalized spacial score (nSPS) is 11.8. The summed E-state index contributed by atoms with van der Waals surface area (Å²) in [6, 6.07) is 13.6. The Balaban J connectivity index is 1.82. The van der Waals surface area contributed by atoms with Gasteiger partial charge in [-0.25, -0.2) is 28.2 Å². The molecule has 0 saturated carbocycles. The van der Waals surface area contributed by atoms with E-state index >= 15 is 0 Å². The van der Waals surface area contributed by atoms with E-state index < -0.39 is 23.4 Å². The summed E-state index contributed by atoms with van der Waals surface area (Å²) in [6.07, 6.45) is -3.69. The molecule has 8 nitrogen and oxygen atoms in total. The number of hydrogen-bond acceptors (Lipinski definition) is 6. The number of fused-ring (bicyclic) bond motifs is 1. The molecule has 4 aromatic heterocycles. The van der Waals surface area contributed by atoms with Crippen molar-refractivity contribution in [1.82, 2.24) is 29.1 Å². The lowest BCUT2D eigenvalue weighted by molar-refractivity contribution is -0.141. The average molecular weight is 495 g/mol. The van der Waals surface area contributed by atoms with Crippen molar-refractivity contribution < 1.29 is 17.6 Å². The molecule has 2 N–H and O–H groups in total. The second kappa shape index (κ2) is 8.56. The monoisotopic (exact) mass is 495 g/mol. The molecule has 0 aliphatic rings. The molecular formula is C24H17F4N7O. The molecule has 0 aliphatic heterocycles. The van der Waals surface area contributed by atoms with E-state index in [1.165, 1.54) is 25.1 Å². The number of hydrogen-bond donors (Lipinski definition) is 1. The fourth-order valence-electron chi connectivity index (χ4n) is 3.89. The van der Waals surface area contributed by atoms with Crippen LogP contribution in [0.25, 0.3) is 28.0 Å². The van der Waals surface area contributed by atoms with Crippen molar-refractivity contribution in [2.75, 3.05) is 5.73 Å². The predicted molar refractivity (Wildman–Crippen MR) is 123 cm³/mol. The molecule has 0 unspecified atom stereocenters. The summed E-state index contributed by atoms with van der Waals surface area (Å²) in [5.41, 5.74) is 5.93. The molecule has 1 aromatic carbocycles. The van der Waals surface area contributed by atoms with Gasteiger partial charge in [-0.05, 0) is 36.8 Å². The number of rotatable bonds is 4. The first kappa shape index (κ1) is 23.1. The highest BCUT2D eigenvalue weighted by atomic mass is 19.4. The second-order valence-electron chi connectivity index (χ2n) is 8.01. The minimum Gasteiger partial charge on any atom is -0.369 e. The van der Waals surface area contributed by atoms with Crippen LogP contribution in [0, 0.1) is 12.7 Å². The van der Waals surface area contributed by atoms with Gasteiger partial charge in [-0.2, -0.15) is 13.2 Å². The van der Waals surface area contributed by atoms with E-state index in [2.05, 4.69) is 20.1 Å². The van der Waals surface area contributed by atoms with Crippen molar-refractivity contribution in [1.29, 1.82) is 0 Å². The van der Waals surface area contributed by atoms with Gasteiger partial charge in [0.25, 0.3) is 0 Å². The van der Waals surface area contributed by atoms with Crippen molar-refractivity contribution in [2.24, 2.45) is 0 Å². The van der Waals surface area contributed by atoms with Crippen LogP contribution in [0.3, 0.4) is 0 Å². The lowest BCUT2D eigenvalue weighted by Gasteiger charge is -2.14. The number of aromatic nitrogens is 6.